The van der Waals surface area contributed by atoms with Crippen LogP contribution in [0.1, 0.15) is 27.3 Å². The number of nitrogen functional groups attached to an aromatic ring is 1. The molecule has 0 spiro atoms. The Morgan fingerprint density at radius 3 is 2.72 bits per heavy atom. The Labute approximate surface area is 170 Å². The first-order chi connectivity index (χ1) is 14.1. The number of aromatic nitrogens is 1. The number of rotatable bonds is 5. The highest BCUT2D eigenvalue weighted by Gasteiger charge is 2.20. The summed E-state index contributed by atoms with van der Waals surface area (Å²) in [7, 11) is 0. The molecule has 3 aromatic rings. The van der Waals surface area contributed by atoms with Crippen LogP contribution in [0.15, 0.2) is 60.2 Å². The van der Waals surface area contributed by atoms with Crippen LogP contribution in [0.5, 0.6) is 0 Å². The molecule has 0 unspecified atom stereocenters. The van der Waals surface area contributed by atoms with Crippen molar-refractivity contribution in [2.75, 3.05) is 24.1 Å². The molecule has 1 amide bonds. The minimum absolute atomic E-state index is 0.198. The van der Waals surface area contributed by atoms with Gasteiger partial charge < -0.3 is 11.1 Å². The van der Waals surface area contributed by atoms with Crippen molar-refractivity contribution in [3.8, 4) is 0 Å². The third kappa shape index (κ3) is 4.63. The van der Waals surface area contributed by atoms with Gasteiger partial charge in [-0.1, -0.05) is 30.3 Å². The maximum absolute atomic E-state index is 12.4. The molecule has 144 valence electrons. The Bertz CT molecular complexity index is 1050. The van der Waals surface area contributed by atoms with Crippen LogP contribution < -0.4 is 11.1 Å². The number of likely N-dealkylation sites (tertiary alicyclic amines) is 1. The van der Waals surface area contributed by atoms with Gasteiger partial charge in [-0.25, -0.2) is 0 Å². The predicted octanol–water partition coefficient (Wildman–Crippen LogP) is 3.72. The van der Waals surface area contributed by atoms with E-state index in [1.165, 1.54) is 5.57 Å². The van der Waals surface area contributed by atoms with Crippen molar-refractivity contribution in [3.05, 3.63) is 94.8 Å². The molecule has 2 heterocycles. The molecule has 0 aliphatic carbocycles. The highest BCUT2D eigenvalue weighted by Crippen LogP contribution is 2.21. The summed E-state index contributed by atoms with van der Waals surface area (Å²) < 4.78 is 0. The third-order valence-corrected chi connectivity index (χ3v) is 4.81. The Hall–Kier alpha value is -3.62. The van der Waals surface area contributed by atoms with Crippen molar-refractivity contribution < 1.29 is 4.79 Å². The number of nitrogens with one attached hydrogen (secondary N) is 1. The smallest absolute Gasteiger partial charge is 0.255 e. The summed E-state index contributed by atoms with van der Waals surface area (Å²) in [6, 6.07) is 22.6. The quantitative estimate of drug-likeness (QED) is 0.705. The number of hydrogen-bond donors (Lipinski definition) is 2. The van der Waals surface area contributed by atoms with E-state index in [-0.39, 0.29) is 5.91 Å². The van der Waals surface area contributed by atoms with Crippen LogP contribution in [0.2, 0.25) is 0 Å². The van der Waals surface area contributed by atoms with Crippen molar-refractivity contribution in [3.63, 3.8) is 0 Å². The van der Waals surface area contributed by atoms with Gasteiger partial charge in [-0.3, -0.25) is 14.7 Å². The van der Waals surface area contributed by atoms with Crippen LogP contribution in [-0.2, 0) is 6.54 Å². The highest BCUT2D eigenvalue weighted by molar-refractivity contribution is 6.05. The van der Waals surface area contributed by atoms with Crippen LogP contribution in [-0.4, -0.2) is 28.9 Å². The van der Waals surface area contributed by atoms with E-state index in [9.17, 15) is 4.79 Å². The fourth-order valence-corrected chi connectivity index (χ4v) is 3.32. The second-order valence-corrected chi connectivity index (χ2v) is 7.22. The molecule has 2 aromatic carbocycles. The number of nitrogens with zero attached hydrogens (tertiary/aromatic N) is 2. The Balaban J connectivity index is 1.33. The summed E-state index contributed by atoms with van der Waals surface area (Å²) in [6.07, 6.45) is 2.18. The van der Waals surface area contributed by atoms with E-state index in [1.54, 1.807) is 12.1 Å². The SMILES string of the molecule is Cc1cccc(CN2CC(=Cc3ccc(C(=O)Nc4ccc#cc4N)cc3)C2)n1. The van der Waals surface area contributed by atoms with Crippen molar-refractivity contribution in [1.82, 2.24) is 9.88 Å². The average Bonchev–Trinajstić information content (AvgIpc) is 2.68. The van der Waals surface area contributed by atoms with Crippen LogP contribution >= 0.6 is 0 Å². The van der Waals surface area contributed by atoms with Crippen molar-refractivity contribution in [2.45, 2.75) is 13.5 Å². The van der Waals surface area contributed by atoms with Crippen molar-refractivity contribution in [1.29, 1.82) is 0 Å². The van der Waals surface area contributed by atoms with Gasteiger partial charge in [0.2, 0.25) is 0 Å². The molecule has 5 nitrogen and oxygen atoms in total. The number of nitrogens with two attached hydrogens (primary N) is 1. The monoisotopic (exact) mass is 382 g/mol. The fourth-order valence-electron chi connectivity index (χ4n) is 3.32. The zero-order chi connectivity index (χ0) is 20.2. The molecule has 1 saturated heterocycles. The fraction of sp³-hybridized carbons (Fsp3) is 0.167. The summed E-state index contributed by atoms with van der Waals surface area (Å²) >= 11 is 0. The number of pyridine rings is 1. The van der Waals surface area contributed by atoms with Gasteiger partial charge in [0.15, 0.2) is 0 Å². The lowest BCUT2D eigenvalue weighted by Gasteiger charge is -2.33. The van der Waals surface area contributed by atoms with Crippen molar-refractivity contribution in [2.24, 2.45) is 0 Å². The number of hydrogen-bond acceptors (Lipinski definition) is 4. The van der Waals surface area contributed by atoms with Gasteiger partial charge in [0.1, 0.15) is 5.69 Å². The maximum Gasteiger partial charge on any atom is 0.255 e. The molecular weight excluding hydrogens is 360 g/mol. The maximum atomic E-state index is 12.4. The second kappa shape index (κ2) is 8.17. The lowest BCUT2D eigenvalue weighted by atomic mass is 10.0. The molecule has 1 fully saturated rings. The average molecular weight is 382 g/mol. The molecule has 0 saturated carbocycles. The lowest BCUT2D eigenvalue weighted by molar-refractivity contribution is 0.102. The van der Waals surface area contributed by atoms with Gasteiger partial charge >= 0.3 is 0 Å². The number of carbonyl (C=O) groups is 1. The molecule has 5 heteroatoms. The largest absolute Gasteiger partial charge is 0.390 e. The molecule has 29 heavy (non-hydrogen) atoms. The normalized spacial score (nSPS) is 13.3. The van der Waals surface area contributed by atoms with Gasteiger partial charge in [0.05, 0.1) is 11.4 Å². The lowest BCUT2D eigenvalue weighted by Crippen LogP contribution is -2.39. The standard InChI is InChI=1S/C24H22N4O/c1-17-5-4-6-21(26-17)16-28-14-19(15-28)13-18-9-11-20(12-10-18)24(29)27-23-8-3-2-7-22(23)25/h3-6,8-13H,14-16,25H2,1H3,(H,27,29). The minimum atomic E-state index is -0.198. The number of amides is 1. The van der Waals surface area contributed by atoms with E-state index in [0.717, 1.165) is 36.6 Å². The number of carbonyl (C=O) groups excluding carboxylic acids is 1. The number of anilines is 2. The van der Waals surface area contributed by atoms with Crippen LogP contribution in [0.4, 0.5) is 11.4 Å². The number of aryl methyl sites for hydroxylation is 1. The first-order valence-electron chi connectivity index (χ1n) is 9.50. The van der Waals surface area contributed by atoms with E-state index < -0.39 is 0 Å². The Kier molecular flexibility index (Phi) is 5.28. The predicted molar refractivity (Wildman–Crippen MR) is 115 cm³/mol. The summed E-state index contributed by atoms with van der Waals surface area (Å²) in [6.45, 7) is 4.77. The Morgan fingerprint density at radius 1 is 1.21 bits per heavy atom. The first kappa shape index (κ1) is 18.7. The third-order valence-electron chi connectivity index (χ3n) is 4.81. The first-order valence-corrected chi connectivity index (χ1v) is 9.50. The van der Waals surface area contributed by atoms with Gasteiger partial charge in [-0.05, 0) is 60.5 Å². The summed E-state index contributed by atoms with van der Waals surface area (Å²) in [5.74, 6) is -0.198. The molecule has 3 N–H and O–H groups in total. The molecule has 0 atom stereocenters. The van der Waals surface area contributed by atoms with E-state index in [1.807, 2.05) is 37.3 Å². The minimum Gasteiger partial charge on any atom is -0.390 e. The molecular formula is C24H22N4O. The molecule has 0 radical (unpaired) electrons. The highest BCUT2D eigenvalue weighted by atomic mass is 16.1. The molecule has 1 aliphatic heterocycles. The molecule has 1 aliphatic rings. The van der Waals surface area contributed by atoms with Crippen LogP contribution in [0.25, 0.3) is 6.08 Å². The van der Waals surface area contributed by atoms with Gasteiger partial charge in [0.25, 0.3) is 5.91 Å². The molecule has 0 bridgehead atoms. The second-order valence-electron chi connectivity index (χ2n) is 7.22. The topological polar surface area (TPSA) is 71.2 Å². The molecule has 1 aromatic heterocycles. The summed E-state index contributed by atoms with van der Waals surface area (Å²) in [4.78, 5) is 19.3. The zero-order valence-corrected chi connectivity index (χ0v) is 16.3. The van der Waals surface area contributed by atoms with E-state index in [0.29, 0.717) is 16.9 Å². The zero-order valence-electron chi connectivity index (χ0n) is 16.3. The summed E-state index contributed by atoms with van der Waals surface area (Å²) in [5.41, 5.74) is 11.9. The van der Waals surface area contributed by atoms with Gasteiger partial charge in [-0.2, -0.15) is 0 Å². The van der Waals surface area contributed by atoms with E-state index >= 15 is 0 Å². The van der Waals surface area contributed by atoms with Crippen molar-refractivity contribution >= 4 is 23.4 Å². The van der Waals surface area contributed by atoms with E-state index in [4.69, 9.17) is 5.73 Å². The van der Waals surface area contributed by atoms with Crippen LogP contribution in [0.3, 0.4) is 0 Å². The number of benzene rings is 1. The van der Waals surface area contributed by atoms with E-state index in [2.05, 4.69) is 45.5 Å². The molecule has 4 rings (SSSR count). The van der Waals surface area contributed by atoms with Gasteiger partial charge in [-0.15, -0.1) is 0 Å². The van der Waals surface area contributed by atoms with Gasteiger partial charge in [0, 0.05) is 30.9 Å². The van der Waals surface area contributed by atoms with Crippen LogP contribution in [0, 0.1) is 19.1 Å². The Morgan fingerprint density at radius 2 is 2.00 bits per heavy atom. The summed E-state index contributed by atoms with van der Waals surface area (Å²) in [5, 5.41) is 2.80.